The van der Waals surface area contributed by atoms with E-state index in [1.54, 1.807) is 0 Å². The summed E-state index contributed by atoms with van der Waals surface area (Å²) in [5.41, 5.74) is 0. The molecule has 0 N–H and O–H groups in total. The quantitative estimate of drug-likeness (QED) is 0.648. The number of hydrogen-bond donors (Lipinski definition) is 0. The molecule has 4 nitrogen and oxygen atoms in total. The van der Waals surface area contributed by atoms with Crippen molar-refractivity contribution in [1.82, 2.24) is 0 Å². The van der Waals surface area contributed by atoms with Crippen molar-refractivity contribution in [2.75, 3.05) is 12.8 Å². The second-order valence-electron chi connectivity index (χ2n) is 3.61. The first kappa shape index (κ1) is 13.7. The van der Waals surface area contributed by atoms with Crippen molar-refractivity contribution in [2.24, 2.45) is 5.92 Å². The van der Waals surface area contributed by atoms with Crippen molar-refractivity contribution >= 4 is 13.6 Å². The van der Waals surface area contributed by atoms with Crippen LogP contribution in [0, 0.1) is 5.92 Å². The summed E-state index contributed by atoms with van der Waals surface area (Å²) in [5.74, 6) is -0.277. The molecule has 0 aromatic rings. The molecule has 0 rings (SSSR count). The molecule has 0 aliphatic rings. The molecular weight excluding hydrogens is 203 g/mol. The van der Waals surface area contributed by atoms with Crippen LogP contribution in [0.5, 0.6) is 0 Å². The second kappa shape index (κ2) is 6.20. The van der Waals surface area contributed by atoms with Crippen molar-refractivity contribution in [3.05, 3.63) is 0 Å². The van der Waals surface area contributed by atoms with Crippen LogP contribution in [0.15, 0.2) is 0 Å². The van der Waals surface area contributed by atoms with Gasteiger partial charge in [-0.15, -0.1) is 0 Å². The highest BCUT2D eigenvalue weighted by atomic mass is 31.2. The van der Waals surface area contributed by atoms with E-state index in [4.69, 9.17) is 9.05 Å². The molecule has 0 aliphatic heterocycles. The van der Waals surface area contributed by atoms with Crippen LogP contribution in [0.4, 0.5) is 0 Å². The molecule has 5 heteroatoms. The Bertz CT molecular complexity index is 225. The van der Waals surface area contributed by atoms with Gasteiger partial charge in [-0.1, -0.05) is 20.8 Å². The lowest BCUT2D eigenvalue weighted by Gasteiger charge is -2.17. The molecule has 0 aromatic carbocycles. The van der Waals surface area contributed by atoms with Gasteiger partial charge in [-0.25, -0.2) is 4.57 Å². The zero-order valence-electron chi connectivity index (χ0n) is 9.28. The molecule has 84 valence electrons. The smallest absolute Gasteiger partial charge is 0.381 e. The highest BCUT2D eigenvalue weighted by Gasteiger charge is 2.26. The predicted molar refractivity (Wildman–Crippen MR) is 55.3 cm³/mol. The summed E-state index contributed by atoms with van der Waals surface area (Å²) in [4.78, 5) is 10.7. The van der Waals surface area contributed by atoms with Crippen LogP contribution in [0.1, 0.15) is 34.1 Å². The highest BCUT2D eigenvalue weighted by Crippen LogP contribution is 2.49. The van der Waals surface area contributed by atoms with E-state index in [9.17, 15) is 9.36 Å². The average molecular weight is 222 g/mol. The predicted octanol–water partition coefficient (Wildman–Crippen LogP) is 2.83. The van der Waals surface area contributed by atoms with Crippen LogP contribution in [-0.4, -0.2) is 18.7 Å². The first-order valence-corrected chi connectivity index (χ1v) is 6.56. The molecule has 0 fully saturated rings. The Hall–Kier alpha value is -0.340. The van der Waals surface area contributed by atoms with Crippen LogP contribution >= 0.6 is 7.60 Å². The minimum absolute atomic E-state index is 0.274. The number of carbonyl (C=O) groups excluding carboxylic acids is 1. The molecule has 0 amide bonds. The Morgan fingerprint density at radius 2 is 2.00 bits per heavy atom. The van der Waals surface area contributed by atoms with E-state index >= 15 is 0 Å². The maximum atomic E-state index is 11.9. The summed E-state index contributed by atoms with van der Waals surface area (Å²) >= 11 is 0. The van der Waals surface area contributed by atoms with Crippen LogP contribution in [0.3, 0.4) is 0 Å². The third kappa shape index (κ3) is 6.17. The highest BCUT2D eigenvalue weighted by molar-refractivity contribution is 7.54. The molecule has 0 bridgehead atoms. The average Bonchev–Trinajstić information content (AvgIpc) is 2.00. The van der Waals surface area contributed by atoms with Gasteiger partial charge in [-0.05, 0) is 12.3 Å². The normalized spacial score (nSPS) is 15.2. The maximum Gasteiger partial charge on any atom is 0.381 e. The molecule has 0 radical (unpaired) electrons. The molecule has 0 spiro atoms. The fourth-order valence-corrected chi connectivity index (χ4v) is 2.61. The molecule has 0 aliphatic carbocycles. The van der Waals surface area contributed by atoms with Gasteiger partial charge in [-0.2, -0.15) is 0 Å². The van der Waals surface area contributed by atoms with Gasteiger partial charge in [0.05, 0.1) is 12.8 Å². The minimum Gasteiger partial charge on any atom is -0.392 e. The zero-order chi connectivity index (χ0) is 11.2. The lowest BCUT2D eigenvalue weighted by Crippen LogP contribution is -2.07. The van der Waals surface area contributed by atoms with E-state index < -0.39 is 13.6 Å². The summed E-state index contributed by atoms with van der Waals surface area (Å²) in [7, 11) is -3.18. The van der Waals surface area contributed by atoms with Crippen molar-refractivity contribution in [1.29, 1.82) is 0 Å². The Kier molecular flexibility index (Phi) is 6.05. The van der Waals surface area contributed by atoms with Crippen LogP contribution in [0.2, 0.25) is 0 Å². The van der Waals surface area contributed by atoms with E-state index in [2.05, 4.69) is 0 Å². The topological polar surface area (TPSA) is 52.6 Å². The summed E-state index contributed by atoms with van der Waals surface area (Å²) in [6.07, 6.45) is 0.960. The Morgan fingerprint density at radius 3 is 2.36 bits per heavy atom. The van der Waals surface area contributed by atoms with Crippen molar-refractivity contribution in [3.63, 3.8) is 0 Å². The SMILES string of the molecule is CCCP(=O)(OCC(C)C)OC(C)=O. The van der Waals surface area contributed by atoms with Crippen molar-refractivity contribution in [3.8, 4) is 0 Å². The van der Waals surface area contributed by atoms with Crippen molar-refractivity contribution in [2.45, 2.75) is 34.1 Å². The Morgan fingerprint density at radius 1 is 1.43 bits per heavy atom. The van der Waals surface area contributed by atoms with Crippen molar-refractivity contribution < 1.29 is 18.4 Å². The van der Waals surface area contributed by atoms with Gasteiger partial charge < -0.3 is 4.52 Å². The summed E-state index contributed by atoms with van der Waals surface area (Å²) in [6, 6.07) is 0. The van der Waals surface area contributed by atoms with E-state index in [1.165, 1.54) is 6.92 Å². The summed E-state index contributed by atoms with van der Waals surface area (Å²) in [6.45, 7) is 7.36. The van der Waals surface area contributed by atoms with E-state index in [-0.39, 0.29) is 5.92 Å². The molecule has 1 atom stereocenters. The van der Waals surface area contributed by atoms with Crippen LogP contribution in [0.25, 0.3) is 0 Å². The van der Waals surface area contributed by atoms with E-state index in [0.29, 0.717) is 19.2 Å². The minimum atomic E-state index is -3.18. The largest absolute Gasteiger partial charge is 0.392 e. The number of hydrogen-bond acceptors (Lipinski definition) is 4. The number of carbonyl (C=O) groups is 1. The van der Waals surface area contributed by atoms with Gasteiger partial charge in [0.2, 0.25) is 0 Å². The van der Waals surface area contributed by atoms with Gasteiger partial charge in [0.25, 0.3) is 0 Å². The van der Waals surface area contributed by atoms with E-state index in [0.717, 1.165) is 0 Å². The third-order valence-electron chi connectivity index (χ3n) is 1.37. The van der Waals surface area contributed by atoms with Gasteiger partial charge in [0, 0.05) is 6.92 Å². The first-order chi connectivity index (χ1) is 6.39. The van der Waals surface area contributed by atoms with Crippen LogP contribution in [-0.2, 0) is 18.4 Å². The monoisotopic (exact) mass is 222 g/mol. The molecule has 1 unspecified atom stereocenters. The van der Waals surface area contributed by atoms with E-state index in [1.807, 2.05) is 20.8 Å². The molecule has 0 saturated carbocycles. The molecule has 0 saturated heterocycles. The summed E-state index contributed by atoms with van der Waals surface area (Å²) < 4.78 is 21.7. The fourth-order valence-electron chi connectivity index (χ4n) is 0.869. The molecule has 0 aromatic heterocycles. The first-order valence-electron chi connectivity index (χ1n) is 4.83. The third-order valence-corrected chi connectivity index (χ3v) is 3.44. The standard InChI is InChI=1S/C9H19O4P/c1-5-6-14(11,13-9(4)10)12-7-8(2)3/h8H,5-7H2,1-4H3. The zero-order valence-corrected chi connectivity index (χ0v) is 10.2. The lowest BCUT2D eigenvalue weighted by molar-refractivity contribution is -0.132. The Labute approximate surface area is 85.5 Å². The van der Waals surface area contributed by atoms with Crippen LogP contribution < -0.4 is 0 Å². The Balaban J connectivity index is 4.24. The summed E-state index contributed by atoms with van der Waals surface area (Å²) in [5, 5.41) is 0. The molecule has 14 heavy (non-hydrogen) atoms. The fraction of sp³-hybridized carbons (Fsp3) is 0.889. The van der Waals surface area contributed by atoms with Gasteiger partial charge >= 0.3 is 13.6 Å². The maximum absolute atomic E-state index is 11.9. The lowest BCUT2D eigenvalue weighted by atomic mass is 10.2. The molecule has 0 heterocycles. The second-order valence-corrected chi connectivity index (χ2v) is 5.72. The molecular formula is C9H19O4P. The van der Waals surface area contributed by atoms with Gasteiger partial charge in [0.15, 0.2) is 0 Å². The van der Waals surface area contributed by atoms with Gasteiger partial charge in [-0.3, -0.25) is 9.32 Å². The number of rotatable bonds is 6. The van der Waals surface area contributed by atoms with Gasteiger partial charge in [0.1, 0.15) is 0 Å².